The van der Waals surface area contributed by atoms with Crippen molar-refractivity contribution < 1.29 is 0 Å². The maximum absolute atomic E-state index is 6.13. The fourth-order valence-corrected chi connectivity index (χ4v) is 3.02. The van der Waals surface area contributed by atoms with Crippen LogP contribution < -0.4 is 5.73 Å². The van der Waals surface area contributed by atoms with E-state index in [-0.39, 0.29) is 0 Å². The molecule has 0 spiro atoms. The summed E-state index contributed by atoms with van der Waals surface area (Å²) in [6.07, 6.45) is 4.28. The average molecular weight is 306 g/mol. The van der Waals surface area contributed by atoms with Gasteiger partial charge in [0.05, 0.1) is 5.69 Å². The topological polar surface area (TPSA) is 60.0 Å². The van der Waals surface area contributed by atoms with Crippen LogP contribution in [0.1, 0.15) is 18.9 Å². The fraction of sp³-hybridized carbons (Fsp3) is 0.467. The lowest BCUT2D eigenvalue weighted by molar-refractivity contribution is 0.157. The van der Waals surface area contributed by atoms with E-state index in [4.69, 9.17) is 17.3 Å². The highest BCUT2D eigenvalue weighted by atomic mass is 35.5. The molecule has 0 bridgehead atoms. The number of hydrogen-bond donors (Lipinski definition) is 1. The highest BCUT2D eigenvalue weighted by molar-refractivity contribution is 6.30. The second-order valence-corrected chi connectivity index (χ2v) is 6.21. The Morgan fingerprint density at radius 2 is 2.29 bits per heavy atom. The van der Waals surface area contributed by atoms with Crippen LogP contribution in [0.4, 0.5) is 0 Å². The van der Waals surface area contributed by atoms with E-state index in [1.165, 1.54) is 11.9 Å². The molecule has 1 aromatic heterocycles. The van der Waals surface area contributed by atoms with Crippen molar-refractivity contribution in [3.8, 4) is 5.69 Å². The number of benzene rings is 1. The van der Waals surface area contributed by atoms with Crippen LogP contribution in [0.25, 0.3) is 5.69 Å². The average Bonchev–Trinajstić information content (AvgIpc) is 2.99. The second-order valence-electron chi connectivity index (χ2n) is 5.78. The van der Waals surface area contributed by atoms with Gasteiger partial charge in [0.15, 0.2) is 0 Å². The van der Waals surface area contributed by atoms with Crippen LogP contribution in [0.3, 0.4) is 0 Å². The lowest BCUT2D eigenvalue weighted by Gasteiger charge is -2.35. The van der Waals surface area contributed by atoms with Crippen LogP contribution in [0.2, 0.25) is 5.02 Å². The van der Waals surface area contributed by atoms with Crippen LogP contribution in [0.5, 0.6) is 0 Å². The van der Waals surface area contributed by atoms with Crippen molar-refractivity contribution in [2.45, 2.75) is 25.9 Å². The molecule has 0 radical (unpaired) electrons. The normalized spacial score (nSPS) is 23.4. The molecule has 0 aliphatic carbocycles. The number of likely N-dealkylation sites (tertiary alicyclic amines) is 1. The number of nitrogens with zero attached hydrogens (tertiary/aromatic N) is 4. The van der Waals surface area contributed by atoms with Gasteiger partial charge in [-0.3, -0.25) is 4.90 Å². The Bertz CT molecular complexity index is 598. The van der Waals surface area contributed by atoms with Gasteiger partial charge in [0.2, 0.25) is 0 Å². The van der Waals surface area contributed by atoms with E-state index in [0.29, 0.717) is 17.0 Å². The van der Waals surface area contributed by atoms with Gasteiger partial charge in [-0.05, 0) is 36.6 Å². The zero-order chi connectivity index (χ0) is 14.8. The molecular weight excluding hydrogens is 286 g/mol. The number of rotatable bonds is 3. The molecule has 6 heteroatoms. The third kappa shape index (κ3) is 3.26. The van der Waals surface area contributed by atoms with Crippen LogP contribution in [-0.4, -0.2) is 38.8 Å². The largest absolute Gasteiger partial charge is 0.327 e. The molecule has 0 saturated carbocycles. The molecule has 1 aliphatic heterocycles. The highest BCUT2D eigenvalue weighted by Crippen LogP contribution is 2.23. The van der Waals surface area contributed by atoms with E-state index in [1.807, 2.05) is 12.1 Å². The smallest absolute Gasteiger partial charge is 0.138 e. The quantitative estimate of drug-likeness (QED) is 0.943. The van der Waals surface area contributed by atoms with E-state index in [2.05, 4.69) is 28.0 Å². The molecule has 0 amide bonds. The minimum atomic E-state index is 0.321. The second kappa shape index (κ2) is 6.13. The van der Waals surface area contributed by atoms with Crippen molar-refractivity contribution in [1.82, 2.24) is 19.7 Å². The summed E-state index contributed by atoms with van der Waals surface area (Å²) in [5, 5.41) is 4.92. The third-order valence-electron chi connectivity index (χ3n) is 4.16. The van der Waals surface area contributed by atoms with Gasteiger partial charge >= 0.3 is 0 Å². The van der Waals surface area contributed by atoms with Gasteiger partial charge in [-0.15, -0.1) is 0 Å². The molecule has 2 atom stereocenters. The zero-order valence-electron chi connectivity index (χ0n) is 12.1. The van der Waals surface area contributed by atoms with E-state index >= 15 is 0 Å². The third-order valence-corrected chi connectivity index (χ3v) is 4.40. The monoisotopic (exact) mass is 305 g/mol. The summed E-state index contributed by atoms with van der Waals surface area (Å²) in [6, 6.07) is 6.25. The van der Waals surface area contributed by atoms with E-state index < -0.39 is 0 Å². The first-order valence-corrected chi connectivity index (χ1v) is 7.62. The lowest BCUT2D eigenvalue weighted by atomic mass is 9.94. The molecule has 2 N–H and O–H groups in total. The Morgan fingerprint density at radius 3 is 3.00 bits per heavy atom. The van der Waals surface area contributed by atoms with Crippen LogP contribution >= 0.6 is 11.6 Å². The molecule has 3 rings (SSSR count). The summed E-state index contributed by atoms with van der Waals surface area (Å²) in [6.45, 7) is 5.16. The van der Waals surface area contributed by atoms with Crippen LogP contribution in [0.15, 0.2) is 30.9 Å². The standard InChI is InChI=1S/C15H20ClN5/c1-11-7-20(5-4-14(11)17)8-12-2-3-13(16)6-15(12)21-10-18-9-19-21/h2-3,6,9-11,14H,4-5,7-8,17H2,1H3. The Hall–Kier alpha value is -1.43. The lowest BCUT2D eigenvalue weighted by Crippen LogP contribution is -2.45. The maximum atomic E-state index is 6.13. The van der Waals surface area contributed by atoms with Gasteiger partial charge in [-0.1, -0.05) is 24.6 Å². The minimum Gasteiger partial charge on any atom is -0.327 e. The Balaban J connectivity index is 1.82. The SMILES string of the molecule is CC1CN(Cc2ccc(Cl)cc2-n2cncn2)CCC1N. The summed E-state index contributed by atoms with van der Waals surface area (Å²) in [4.78, 5) is 6.46. The summed E-state index contributed by atoms with van der Waals surface area (Å²) in [5.41, 5.74) is 8.28. The van der Waals surface area contributed by atoms with E-state index in [1.54, 1.807) is 11.0 Å². The van der Waals surface area contributed by atoms with Gasteiger partial charge in [-0.2, -0.15) is 5.10 Å². The van der Waals surface area contributed by atoms with Crippen LogP contribution in [0, 0.1) is 5.92 Å². The van der Waals surface area contributed by atoms with Crippen LogP contribution in [-0.2, 0) is 6.54 Å². The predicted molar refractivity (Wildman–Crippen MR) is 83.4 cm³/mol. The highest BCUT2D eigenvalue weighted by Gasteiger charge is 2.23. The van der Waals surface area contributed by atoms with E-state index in [0.717, 1.165) is 31.7 Å². The molecule has 1 fully saturated rings. The summed E-state index contributed by atoms with van der Waals surface area (Å²) in [5.74, 6) is 0.529. The molecule has 112 valence electrons. The molecule has 2 unspecified atom stereocenters. The van der Waals surface area contributed by atoms with Crippen molar-refractivity contribution in [2.75, 3.05) is 13.1 Å². The predicted octanol–water partition coefficient (Wildman–Crippen LogP) is 2.09. The molecular formula is C15H20ClN5. The molecule has 1 aliphatic rings. The van der Waals surface area contributed by atoms with Crippen molar-refractivity contribution in [1.29, 1.82) is 0 Å². The molecule has 5 nitrogen and oxygen atoms in total. The fourth-order valence-electron chi connectivity index (χ4n) is 2.85. The van der Waals surface area contributed by atoms with Gasteiger partial charge in [0.25, 0.3) is 0 Å². The number of nitrogens with two attached hydrogens (primary N) is 1. The van der Waals surface area contributed by atoms with Gasteiger partial charge in [-0.25, -0.2) is 9.67 Å². The Morgan fingerprint density at radius 1 is 1.43 bits per heavy atom. The van der Waals surface area contributed by atoms with E-state index in [9.17, 15) is 0 Å². The molecule has 2 aromatic rings. The van der Waals surface area contributed by atoms with Crippen molar-refractivity contribution >= 4 is 11.6 Å². The van der Waals surface area contributed by atoms with Gasteiger partial charge in [0.1, 0.15) is 12.7 Å². The minimum absolute atomic E-state index is 0.321. The summed E-state index contributed by atoms with van der Waals surface area (Å²) in [7, 11) is 0. The number of hydrogen-bond acceptors (Lipinski definition) is 4. The first-order valence-electron chi connectivity index (χ1n) is 7.25. The van der Waals surface area contributed by atoms with Crippen molar-refractivity contribution in [3.63, 3.8) is 0 Å². The Labute approximate surface area is 129 Å². The first kappa shape index (κ1) is 14.5. The first-order chi connectivity index (χ1) is 10.1. The summed E-state index contributed by atoms with van der Waals surface area (Å²) < 4.78 is 1.76. The number of aromatic nitrogens is 3. The molecule has 2 heterocycles. The van der Waals surface area contributed by atoms with Crippen molar-refractivity contribution in [2.24, 2.45) is 11.7 Å². The maximum Gasteiger partial charge on any atom is 0.138 e. The molecule has 1 saturated heterocycles. The number of halogens is 1. The van der Waals surface area contributed by atoms with Crippen molar-refractivity contribution in [3.05, 3.63) is 41.4 Å². The molecule has 21 heavy (non-hydrogen) atoms. The molecule has 1 aromatic carbocycles. The summed E-state index contributed by atoms with van der Waals surface area (Å²) >= 11 is 6.13. The Kier molecular flexibility index (Phi) is 4.24. The zero-order valence-corrected chi connectivity index (χ0v) is 12.9. The van der Waals surface area contributed by atoms with Gasteiger partial charge in [0, 0.05) is 24.2 Å². The number of piperidine rings is 1. The van der Waals surface area contributed by atoms with Gasteiger partial charge < -0.3 is 5.73 Å².